The fourth-order valence-corrected chi connectivity index (χ4v) is 5.17. The van der Waals surface area contributed by atoms with Crippen molar-refractivity contribution in [2.75, 3.05) is 5.32 Å². The lowest BCUT2D eigenvalue weighted by atomic mass is 10.1. The molecule has 0 aliphatic heterocycles. The van der Waals surface area contributed by atoms with Crippen molar-refractivity contribution in [3.63, 3.8) is 0 Å². The van der Waals surface area contributed by atoms with Gasteiger partial charge in [0.2, 0.25) is 5.91 Å². The van der Waals surface area contributed by atoms with E-state index in [4.69, 9.17) is 4.98 Å². The molecule has 2 heterocycles. The van der Waals surface area contributed by atoms with E-state index in [2.05, 4.69) is 5.32 Å². The van der Waals surface area contributed by atoms with E-state index in [1.165, 1.54) is 23.1 Å². The third kappa shape index (κ3) is 3.73. The second kappa shape index (κ2) is 8.09. The summed E-state index contributed by atoms with van der Waals surface area (Å²) in [7, 11) is 0. The zero-order valence-electron chi connectivity index (χ0n) is 17.0. The zero-order valence-corrected chi connectivity index (χ0v) is 18.7. The number of benzene rings is 1. The number of nitrogens with one attached hydrogen (secondary N) is 1. The molecule has 0 aliphatic rings. The van der Waals surface area contributed by atoms with Gasteiger partial charge < -0.3 is 5.32 Å². The van der Waals surface area contributed by atoms with Gasteiger partial charge in [0.1, 0.15) is 4.83 Å². The topological polar surface area (TPSA) is 64.0 Å². The first-order chi connectivity index (χ1) is 13.2. The standard InChI is InChI=1S/C21H25N3O2S2/c1-7-24-20(26)16-13(4)14(5)27-19(16)23-21(24)28-15(6)18(25)22-17-11(2)9-8-10-12(17)3/h8-10,15H,7H2,1-6H3,(H,22,25). The summed E-state index contributed by atoms with van der Waals surface area (Å²) in [5.41, 5.74) is 3.87. The van der Waals surface area contributed by atoms with Crippen LogP contribution in [0.1, 0.15) is 35.4 Å². The van der Waals surface area contributed by atoms with Crippen LogP contribution < -0.4 is 10.9 Å². The Morgan fingerprint density at radius 3 is 2.50 bits per heavy atom. The summed E-state index contributed by atoms with van der Waals surface area (Å²) in [5, 5.41) is 3.93. The second-order valence-corrected chi connectivity index (χ2v) is 9.43. The van der Waals surface area contributed by atoms with Crippen molar-refractivity contribution in [1.82, 2.24) is 9.55 Å². The molecule has 1 atom stereocenters. The molecule has 1 N–H and O–H groups in total. The third-order valence-electron chi connectivity index (χ3n) is 4.95. The minimum absolute atomic E-state index is 0.0285. The van der Waals surface area contributed by atoms with Crippen LogP contribution in [0.25, 0.3) is 10.2 Å². The van der Waals surface area contributed by atoms with Gasteiger partial charge in [-0.3, -0.25) is 14.2 Å². The molecule has 148 valence electrons. The molecule has 0 radical (unpaired) electrons. The molecule has 1 amide bonds. The largest absolute Gasteiger partial charge is 0.325 e. The Kier molecular flexibility index (Phi) is 5.95. The molecule has 0 saturated heterocycles. The summed E-state index contributed by atoms with van der Waals surface area (Å²) < 4.78 is 1.66. The van der Waals surface area contributed by atoms with Crippen molar-refractivity contribution >= 4 is 44.9 Å². The number of aryl methyl sites for hydroxylation is 4. The Morgan fingerprint density at radius 1 is 1.25 bits per heavy atom. The number of para-hydroxylation sites is 1. The quantitative estimate of drug-likeness (QED) is 0.479. The highest BCUT2D eigenvalue weighted by molar-refractivity contribution is 8.00. The maximum absolute atomic E-state index is 13.0. The van der Waals surface area contributed by atoms with E-state index in [0.29, 0.717) is 17.1 Å². The maximum Gasteiger partial charge on any atom is 0.263 e. The zero-order chi connectivity index (χ0) is 20.6. The molecule has 7 heteroatoms. The number of hydrogen-bond donors (Lipinski definition) is 1. The fraction of sp³-hybridized carbons (Fsp3) is 0.381. The van der Waals surface area contributed by atoms with Gasteiger partial charge in [-0.1, -0.05) is 30.0 Å². The second-order valence-electron chi connectivity index (χ2n) is 6.92. The van der Waals surface area contributed by atoms with Crippen LogP contribution in [0.3, 0.4) is 0 Å². The molecule has 0 saturated carbocycles. The number of nitrogens with zero attached hydrogens (tertiary/aromatic N) is 2. The summed E-state index contributed by atoms with van der Waals surface area (Å²) in [6.45, 7) is 12.2. The molecule has 1 unspecified atom stereocenters. The van der Waals surface area contributed by atoms with Crippen LogP contribution >= 0.6 is 23.1 Å². The highest BCUT2D eigenvalue weighted by Gasteiger charge is 2.21. The van der Waals surface area contributed by atoms with E-state index in [9.17, 15) is 9.59 Å². The minimum atomic E-state index is -0.386. The van der Waals surface area contributed by atoms with Gasteiger partial charge >= 0.3 is 0 Å². The fourth-order valence-electron chi connectivity index (χ4n) is 3.13. The predicted molar refractivity (Wildman–Crippen MR) is 119 cm³/mol. The number of amides is 1. The molecule has 1 aromatic carbocycles. The Labute approximate surface area is 173 Å². The molecule has 0 spiro atoms. The molecule has 3 rings (SSSR count). The van der Waals surface area contributed by atoms with Gasteiger partial charge in [0.05, 0.1) is 10.6 Å². The number of carbonyl (C=O) groups excluding carboxylic acids is 1. The maximum atomic E-state index is 13.0. The molecule has 5 nitrogen and oxygen atoms in total. The lowest BCUT2D eigenvalue weighted by molar-refractivity contribution is -0.115. The summed E-state index contributed by atoms with van der Waals surface area (Å²) in [6.07, 6.45) is 0. The number of thioether (sulfide) groups is 1. The van der Waals surface area contributed by atoms with Gasteiger partial charge in [0, 0.05) is 17.1 Å². The van der Waals surface area contributed by atoms with Crippen molar-refractivity contribution < 1.29 is 4.79 Å². The normalized spacial score (nSPS) is 12.4. The van der Waals surface area contributed by atoms with Crippen LogP contribution in [0.15, 0.2) is 28.2 Å². The van der Waals surface area contributed by atoms with E-state index in [1.807, 2.05) is 59.7 Å². The van der Waals surface area contributed by atoms with E-state index >= 15 is 0 Å². The van der Waals surface area contributed by atoms with Gasteiger partial charge in [-0.15, -0.1) is 11.3 Å². The molecule has 0 aliphatic carbocycles. The molecular weight excluding hydrogens is 390 g/mol. The van der Waals surface area contributed by atoms with Crippen molar-refractivity contribution in [2.24, 2.45) is 0 Å². The summed E-state index contributed by atoms with van der Waals surface area (Å²) in [5.74, 6) is -0.0991. The van der Waals surface area contributed by atoms with E-state index in [0.717, 1.165) is 32.1 Å². The number of fused-ring (bicyclic) bond motifs is 1. The first-order valence-electron chi connectivity index (χ1n) is 9.28. The lowest BCUT2D eigenvalue weighted by Crippen LogP contribution is -2.27. The van der Waals surface area contributed by atoms with Crippen LogP contribution in [0.2, 0.25) is 0 Å². The summed E-state index contributed by atoms with van der Waals surface area (Å²) >= 11 is 2.85. The molecule has 2 aromatic heterocycles. The molecule has 3 aromatic rings. The van der Waals surface area contributed by atoms with Gasteiger partial charge in [-0.05, 0) is 58.2 Å². The van der Waals surface area contributed by atoms with Crippen LogP contribution in [-0.4, -0.2) is 20.7 Å². The van der Waals surface area contributed by atoms with Crippen LogP contribution in [0, 0.1) is 27.7 Å². The highest BCUT2D eigenvalue weighted by Crippen LogP contribution is 2.30. The number of rotatable bonds is 5. The number of thiophene rings is 1. The van der Waals surface area contributed by atoms with Crippen LogP contribution in [-0.2, 0) is 11.3 Å². The summed E-state index contributed by atoms with van der Waals surface area (Å²) in [6, 6.07) is 5.93. The average Bonchev–Trinajstić information content (AvgIpc) is 2.92. The van der Waals surface area contributed by atoms with Crippen molar-refractivity contribution in [2.45, 2.75) is 58.5 Å². The van der Waals surface area contributed by atoms with Crippen LogP contribution in [0.4, 0.5) is 5.69 Å². The Balaban J connectivity index is 1.91. The number of hydrogen-bond acceptors (Lipinski definition) is 5. The van der Waals surface area contributed by atoms with Crippen molar-refractivity contribution in [1.29, 1.82) is 0 Å². The monoisotopic (exact) mass is 415 g/mol. The molecule has 0 fully saturated rings. The molecule has 0 bridgehead atoms. The average molecular weight is 416 g/mol. The van der Waals surface area contributed by atoms with Crippen LogP contribution in [0.5, 0.6) is 0 Å². The SMILES string of the molecule is CCn1c(SC(C)C(=O)Nc2c(C)cccc2C)nc2sc(C)c(C)c2c1=O. The lowest BCUT2D eigenvalue weighted by Gasteiger charge is -2.16. The van der Waals surface area contributed by atoms with Crippen molar-refractivity contribution in [3.05, 3.63) is 50.1 Å². The summed E-state index contributed by atoms with van der Waals surface area (Å²) in [4.78, 5) is 32.3. The van der Waals surface area contributed by atoms with Gasteiger partial charge in [0.15, 0.2) is 5.16 Å². The van der Waals surface area contributed by atoms with E-state index in [-0.39, 0.29) is 16.7 Å². The smallest absolute Gasteiger partial charge is 0.263 e. The minimum Gasteiger partial charge on any atom is -0.325 e. The predicted octanol–water partition coefficient (Wildman–Crippen LogP) is 4.83. The molecular formula is C21H25N3O2S2. The van der Waals surface area contributed by atoms with Crippen molar-refractivity contribution in [3.8, 4) is 0 Å². The number of aromatic nitrogens is 2. The first kappa shape index (κ1) is 20.6. The number of anilines is 1. The van der Waals surface area contributed by atoms with Gasteiger partial charge in [0.25, 0.3) is 5.56 Å². The Hall–Kier alpha value is -2.12. The van der Waals surface area contributed by atoms with Gasteiger partial charge in [-0.2, -0.15) is 0 Å². The van der Waals surface area contributed by atoms with E-state index in [1.54, 1.807) is 4.57 Å². The number of carbonyl (C=O) groups is 1. The first-order valence-corrected chi connectivity index (χ1v) is 11.0. The van der Waals surface area contributed by atoms with E-state index < -0.39 is 0 Å². The molecule has 28 heavy (non-hydrogen) atoms. The van der Waals surface area contributed by atoms with Gasteiger partial charge in [-0.25, -0.2) is 4.98 Å². The Bertz CT molecular complexity index is 1090. The third-order valence-corrected chi connectivity index (χ3v) is 7.14. The Morgan fingerprint density at radius 2 is 1.89 bits per heavy atom. The highest BCUT2D eigenvalue weighted by atomic mass is 32.2.